The lowest BCUT2D eigenvalue weighted by atomic mass is 9.98. The molecule has 0 N–H and O–H groups in total. The maximum Gasteiger partial charge on any atom is 0.0647 e. The Labute approximate surface area is 116 Å². The zero-order valence-corrected chi connectivity index (χ0v) is 12.0. The van der Waals surface area contributed by atoms with Gasteiger partial charge in [-0.25, -0.2) is 0 Å². The molecule has 2 heteroatoms. The van der Waals surface area contributed by atoms with E-state index in [0.29, 0.717) is 0 Å². The molecule has 0 spiro atoms. The van der Waals surface area contributed by atoms with Crippen molar-refractivity contribution in [1.82, 2.24) is 0 Å². The van der Waals surface area contributed by atoms with Gasteiger partial charge in [0.2, 0.25) is 0 Å². The van der Waals surface area contributed by atoms with Crippen molar-refractivity contribution in [2.24, 2.45) is 0 Å². The fourth-order valence-corrected chi connectivity index (χ4v) is 2.79. The Morgan fingerprint density at radius 3 is 2.35 bits per heavy atom. The van der Waals surface area contributed by atoms with E-state index in [-0.39, 0.29) is 4.83 Å². The highest BCUT2D eigenvalue weighted by molar-refractivity contribution is 9.09. The Morgan fingerprint density at radius 1 is 1.06 bits per heavy atom. The van der Waals surface area contributed by atoms with Crippen molar-refractivity contribution < 1.29 is 0 Å². The van der Waals surface area contributed by atoms with Crippen LogP contribution in [0.5, 0.6) is 0 Å². The zero-order valence-electron chi connectivity index (χ0n) is 9.66. The molecule has 0 bridgehead atoms. The number of hydrogen-bond donors (Lipinski definition) is 0. The fourth-order valence-electron chi connectivity index (χ4n) is 1.91. The standard InChI is InChI=1S/C15H14BrCl/c1-2-11-5-3-4-6-14(11)15(16)12-7-9-13(17)10-8-12/h3-10,15H,2H2,1H3. The molecule has 0 nitrogen and oxygen atoms in total. The van der Waals surface area contributed by atoms with Crippen LogP contribution in [0.2, 0.25) is 5.02 Å². The molecule has 0 amide bonds. The van der Waals surface area contributed by atoms with E-state index in [4.69, 9.17) is 11.6 Å². The van der Waals surface area contributed by atoms with E-state index in [1.54, 1.807) is 0 Å². The Bertz CT molecular complexity index is 491. The highest BCUT2D eigenvalue weighted by Crippen LogP contribution is 2.33. The van der Waals surface area contributed by atoms with Crippen molar-refractivity contribution in [3.8, 4) is 0 Å². The molecular weight excluding hydrogens is 296 g/mol. The summed E-state index contributed by atoms with van der Waals surface area (Å²) in [5, 5.41) is 0.775. The normalized spacial score (nSPS) is 12.4. The Balaban J connectivity index is 2.36. The number of benzene rings is 2. The second kappa shape index (κ2) is 5.70. The van der Waals surface area contributed by atoms with Gasteiger partial charge in [0.25, 0.3) is 0 Å². The quantitative estimate of drug-likeness (QED) is 0.667. The first-order valence-electron chi connectivity index (χ1n) is 5.69. The van der Waals surface area contributed by atoms with Crippen LogP contribution in [0.3, 0.4) is 0 Å². The van der Waals surface area contributed by atoms with Crippen LogP contribution in [-0.2, 0) is 6.42 Å². The molecule has 0 aliphatic heterocycles. The van der Waals surface area contributed by atoms with Crippen LogP contribution in [0.15, 0.2) is 48.5 Å². The van der Waals surface area contributed by atoms with Crippen LogP contribution >= 0.6 is 27.5 Å². The van der Waals surface area contributed by atoms with Crippen LogP contribution in [0, 0.1) is 0 Å². The molecule has 0 fully saturated rings. The van der Waals surface area contributed by atoms with Gasteiger partial charge in [0.15, 0.2) is 0 Å². The summed E-state index contributed by atoms with van der Waals surface area (Å²) >= 11 is 9.67. The lowest BCUT2D eigenvalue weighted by Gasteiger charge is -2.14. The van der Waals surface area contributed by atoms with Crippen LogP contribution in [-0.4, -0.2) is 0 Å². The van der Waals surface area contributed by atoms with Gasteiger partial charge in [-0.2, -0.15) is 0 Å². The summed E-state index contributed by atoms with van der Waals surface area (Å²) in [6.07, 6.45) is 1.05. The van der Waals surface area contributed by atoms with Crippen molar-refractivity contribution in [3.05, 3.63) is 70.2 Å². The number of aryl methyl sites for hydroxylation is 1. The Morgan fingerprint density at radius 2 is 1.71 bits per heavy atom. The Hall–Kier alpha value is -0.790. The average molecular weight is 310 g/mol. The second-order valence-electron chi connectivity index (χ2n) is 3.97. The van der Waals surface area contributed by atoms with Gasteiger partial charge in [0, 0.05) is 5.02 Å². The lowest BCUT2D eigenvalue weighted by molar-refractivity contribution is 1.06. The molecule has 0 saturated heterocycles. The smallest absolute Gasteiger partial charge is 0.0647 e. The molecule has 0 radical (unpaired) electrons. The fraction of sp³-hybridized carbons (Fsp3) is 0.200. The summed E-state index contributed by atoms with van der Waals surface area (Å²) in [4.78, 5) is 0.232. The summed E-state index contributed by atoms with van der Waals surface area (Å²) in [6.45, 7) is 2.18. The zero-order chi connectivity index (χ0) is 12.3. The van der Waals surface area contributed by atoms with E-state index in [1.807, 2.05) is 12.1 Å². The molecule has 88 valence electrons. The van der Waals surface area contributed by atoms with Crippen LogP contribution in [0.25, 0.3) is 0 Å². The molecule has 17 heavy (non-hydrogen) atoms. The lowest BCUT2D eigenvalue weighted by Crippen LogP contribution is -1.97. The van der Waals surface area contributed by atoms with E-state index >= 15 is 0 Å². The molecule has 1 unspecified atom stereocenters. The van der Waals surface area contributed by atoms with Crippen molar-refractivity contribution in [1.29, 1.82) is 0 Å². The third-order valence-electron chi connectivity index (χ3n) is 2.87. The molecule has 2 aromatic rings. The summed E-state index contributed by atoms with van der Waals surface area (Å²) in [7, 11) is 0. The van der Waals surface area contributed by atoms with E-state index in [9.17, 15) is 0 Å². The summed E-state index contributed by atoms with van der Waals surface area (Å²) in [5.74, 6) is 0. The second-order valence-corrected chi connectivity index (χ2v) is 5.32. The minimum Gasteiger partial charge on any atom is -0.0843 e. The first-order valence-corrected chi connectivity index (χ1v) is 6.99. The van der Waals surface area contributed by atoms with E-state index in [1.165, 1.54) is 16.7 Å². The number of rotatable bonds is 3. The molecule has 0 saturated carbocycles. The van der Waals surface area contributed by atoms with Crippen LogP contribution in [0.4, 0.5) is 0 Å². The predicted octanol–water partition coefficient (Wildman–Crippen LogP) is 5.39. The topological polar surface area (TPSA) is 0 Å². The van der Waals surface area contributed by atoms with Gasteiger partial charge in [-0.05, 0) is 35.2 Å². The van der Waals surface area contributed by atoms with Crippen molar-refractivity contribution in [2.75, 3.05) is 0 Å². The van der Waals surface area contributed by atoms with E-state index < -0.39 is 0 Å². The molecule has 2 rings (SSSR count). The highest BCUT2D eigenvalue weighted by atomic mass is 79.9. The molecule has 0 heterocycles. The Kier molecular flexibility index (Phi) is 4.25. The van der Waals surface area contributed by atoms with Gasteiger partial charge in [-0.1, -0.05) is 70.9 Å². The van der Waals surface area contributed by atoms with Gasteiger partial charge in [0.1, 0.15) is 0 Å². The van der Waals surface area contributed by atoms with Crippen molar-refractivity contribution in [3.63, 3.8) is 0 Å². The maximum absolute atomic E-state index is 5.91. The summed E-state index contributed by atoms with van der Waals surface area (Å²) < 4.78 is 0. The third kappa shape index (κ3) is 2.91. The van der Waals surface area contributed by atoms with Gasteiger partial charge in [-0.3, -0.25) is 0 Å². The molecule has 0 aliphatic rings. The van der Waals surface area contributed by atoms with Gasteiger partial charge in [-0.15, -0.1) is 0 Å². The van der Waals surface area contributed by atoms with Crippen LogP contribution in [0.1, 0.15) is 28.4 Å². The maximum atomic E-state index is 5.91. The van der Waals surface area contributed by atoms with Crippen LogP contribution < -0.4 is 0 Å². The third-order valence-corrected chi connectivity index (χ3v) is 4.15. The minimum absolute atomic E-state index is 0.232. The minimum atomic E-state index is 0.232. The molecule has 0 aliphatic carbocycles. The van der Waals surface area contributed by atoms with Crippen molar-refractivity contribution in [2.45, 2.75) is 18.2 Å². The average Bonchev–Trinajstić information content (AvgIpc) is 2.39. The van der Waals surface area contributed by atoms with Gasteiger partial charge >= 0.3 is 0 Å². The number of halogens is 2. The van der Waals surface area contributed by atoms with Gasteiger partial charge < -0.3 is 0 Å². The highest BCUT2D eigenvalue weighted by Gasteiger charge is 2.12. The first-order chi connectivity index (χ1) is 8.22. The van der Waals surface area contributed by atoms with E-state index in [0.717, 1.165) is 11.4 Å². The molecule has 1 atom stereocenters. The SMILES string of the molecule is CCc1ccccc1C(Br)c1ccc(Cl)cc1. The first kappa shape index (κ1) is 12.7. The number of hydrogen-bond acceptors (Lipinski definition) is 0. The molecule has 0 aromatic heterocycles. The van der Waals surface area contributed by atoms with E-state index in [2.05, 4.69) is 59.3 Å². The van der Waals surface area contributed by atoms with Gasteiger partial charge in [0.05, 0.1) is 4.83 Å². The molecular formula is C15H14BrCl. The predicted molar refractivity (Wildman–Crippen MR) is 78.0 cm³/mol. The summed E-state index contributed by atoms with van der Waals surface area (Å²) in [6, 6.07) is 16.5. The largest absolute Gasteiger partial charge is 0.0843 e. The van der Waals surface area contributed by atoms with Crippen molar-refractivity contribution >= 4 is 27.5 Å². The molecule has 2 aromatic carbocycles. The summed E-state index contributed by atoms with van der Waals surface area (Å²) in [5.41, 5.74) is 3.94. The number of alkyl halides is 1. The monoisotopic (exact) mass is 308 g/mol.